The predicted octanol–water partition coefficient (Wildman–Crippen LogP) is 8.37. The van der Waals surface area contributed by atoms with E-state index in [2.05, 4.69) is 123 Å². The molecule has 0 atom stereocenters. The van der Waals surface area contributed by atoms with Crippen LogP contribution < -0.4 is 0 Å². The molecule has 4 nitrogen and oxygen atoms in total. The Morgan fingerprint density at radius 2 is 1.27 bits per heavy atom. The summed E-state index contributed by atoms with van der Waals surface area (Å²) in [5.74, 6) is 0. The lowest BCUT2D eigenvalue weighted by Gasteiger charge is -2.12. The number of pyridine rings is 1. The third-order valence-corrected chi connectivity index (χ3v) is 7.90. The van der Waals surface area contributed by atoms with E-state index in [-0.39, 0.29) is 0 Å². The maximum absolute atomic E-state index is 4.91. The highest BCUT2D eigenvalue weighted by Gasteiger charge is 2.20. The van der Waals surface area contributed by atoms with Gasteiger partial charge in [0.15, 0.2) is 0 Å². The van der Waals surface area contributed by atoms with Crippen LogP contribution in [-0.4, -0.2) is 18.9 Å². The molecule has 4 heteroatoms. The van der Waals surface area contributed by atoms with Gasteiger partial charge in [0.25, 0.3) is 0 Å². The molecule has 4 heterocycles. The van der Waals surface area contributed by atoms with Gasteiger partial charge in [-0.05, 0) is 47.9 Å². The summed E-state index contributed by atoms with van der Waals surface area (Å²) < 4.78 is 4.63. The van der Waals surface area contributed by atoms with E-state index >= 15 is 0 Å². The summed E-state index contributed by atoms with van der Waals surface area (Å²) in [5.41, 5.74) is 8.02. The number of hydrogen-bond donors (Lipinski definition) is 1. The molecule has 0 amide bonds. The van der Waals surface area contributed by atoms with E-state index in [1.807, 2.05) is 6.20 Å². The highest BCUT2D eigenvalue weighted by molar-refractivity contribution is 6.34. The number of hydrogen-bond acceptors (Lipinski definition) is 1. The minimum absolute atomic E-state index is 0.989. The fourth-order valence-corrected chi connectivity index (χ4v) is 6.44. The molecule has 9 rings (SSSR count). The van der Waals surface area contributed by atoms with Crippen molar-refractivity contribution in [2.75, 3.05) is 0 Å². The van der Waals surface area contributed by atoms with Crippen molar-refractivity contribution < 1.29 is 0 Å². The molecule has 9 aromatic rings. The Bertz CT molecular complexity index is 2350. The van der Waals surface area contributed by atoms with Crippen molar-refractivity contribution in [3.05, 3.63) is 116 Å². The largest absolute Gasteiger partial charge is 0.354 e. The van der Waals surface area contributed by atoms with Crippen molar-refractivity contribution in [2.24, 2.45) is 0 Å². The van der Waals surface area contributed by atoms with Crippen molar-refractivity contribution in [2.45, 2.75) is 0 Å². The monoisotopic (exact) mass is 472 g/mol. The average Bonchev–Trinajstić information content (AvgIpc) is 3.67. The molecule has 0 saturated heterocycles. The zero-order chi connectivity index (χ0) is 24.1. The molecule has 4 aromatic heterocycles. The summed E-state index contributed by atoms with van der Waals surface area (Å²) in [6.07, 6.45) is 4.01. The number of nitrogens with one attached hydrogen (secondary N) is 1. The van der Waals surface area contributed by atoms with Crippen molar-refractivity contribution in [3.63, 3.8) is 0 Å². The van der Waals surface area contributed by atoms with Crippen molar-refractivity contribution in [3.8, 4) is 5.69 Å². The fraction of sp³-hybridized carbons (Fsp3) is 0. The molecule has 0 fully saturated rings. The van der Waals surface area contributed by atoms with Gasteiger partial charge in [0.05, 0.1) is 16.6 Å². The van der Waals surface area contributed by atoms with Crippen LogP contribution >= 0.6 is 0 Å². The molecule has 0 unspecified atom stereocenters. The second-order valence-corrected chi connectivity index (χ2v) is 9.74. The van der Waals surface area contributed by atoms with Crippen LogP contribution in [0.3, 0.4) is 0 Å². The molecular weight excluding hydrogens is 452 g/mol. The van der Waals surface area contributed by atoms with Gasteiger partial charge >= 0.3 is 0 Å². The zero-order valence-corrected chi connectivity index (χ0v) is 19.8. The first-order valence-corrected chi connectivity index (χ1v) is 12.6. The lowest BCUT2D eigenvalue weighted by atomic mass is 9.98. The lowest BCUT2D eigenvalue weighted by Crippen LogP contribution is -1.94. The topological polar surface area (TPSA) is 38.0 Å². The summed E-state index contributed by atoms with van der Waals surface area (Å²) in [6, 6.07) is 36.9. The first-order chi connectivity index (χ1) is 18.4. The molecule has 0 saturated carbocycles. The number of rotatable bonds is 1. The molecule has 5 aromatic carbocycles. The van der Waals surface area contributed by atoms with Gasteiger partial charge in [-0.25, -0.2) is 4.98 Å². The third-order valence-electron chi connectivity index (χ3n) is 7.90. The van der Waals surface area contributed by atoms with Gasteiger partial charge in [0.1, 0.15) is 5.65 Å². The Hall–Kier alpha value is -5.09. The molecule has 0 spiro atoms. The van der Waals surface area contributed by atoms with Gasteiger partial charge in [-0.3, -0.25) is 4.40 Å². The first-order valence-electron chi connectivity index (χ1n) is 12.6. The summed E-state index contributed by atoms with van der Waals surface area (Å²) >= 11 is 0. The number of aromatic amines is 1. The van der Waals surface area contributed by atoms with E-state index in [0.29, 0.717) is 0 Å². The summed E-state index contributed by atoms with van der Waals surface area (Å²) in [7, 11) is 0. The Labute approximate surface area is 211 Å². The lowest BCUT2D eigenvalue weighted by molar-refractivity contribution is 1.18. The van der Waals surface area contributed by atoms with Crippen molar-refractivity contribution in [1.29, 1.82) is 0 Å². The fourth-order valence-electron chi connectivity index (χ4n) is 6.44. The number of imidazole rings is 1. The molecule has 0 aliphatic carbocycles. The first kappa shape index (κ1) is 19.1. The summed E-state index contributed by atoms with van der Waals surface area (Å²) in [5, 5.41) is 8.67. The van der Waals surface area contributed by atoms with Crippen molar-refractivity contribution in [1.82, 2.24) is 18.9 Å². The molecular formula is C33H20N4. The van der Waals surface area contributed by atoms with Crippen LogP contribution in [0.1, 0.15) is 0 Å². The second kappa shape index (κ2) is 6.77. The Balaban J connectivity index is 1.61. The van der Waals surface area contributed by atoms with E-state index in [4.69, 9.17) is 4.98 Å². The van der Waals surface area contributed by atoms with Gasteiger partial charge < -0.3 is 9.55 Å². The minimum Gasteiger partial charge on any atom is -0.354 e. The minimum atomic E-state index is 0.989. The molecule has 0 radical (unpaired) electrons. The van der Waals surface area contributed by atoms with Gasteiger partial charge in [-0.2, -0.15) is 0 Å². The third kappa shape index (κ3) is 2.35. The molecule has 172 valence electrons. The Kier molecular flexibility index (Phi) is 3.50. The van der Waals surface area contributed by atoms with E-state index < -0.39 is 0 Å². The zero-order valence-electron chi connectivity index (χ0n) is 19.8. The van der Waals surface area contributed by atoms with Crippen LogP contribution in [0.5, 0.6) is 0 Å². The normalized spacial score (nSPS) is 12.3. The highest BCUT2D eigenvalue weighted by Crippen LogP contribution is 2.43. The number of nitrogens with zero attached hydrogens (tertiary/aromatic N) is 3. The SMILES string of the molecule is c1ccc(-n2c3ccccc3c3c4c(ccc32)c2c3c(ccc2n2ccnc42)[nH]c2ccccc23)cc1. The van der Waals surface area contributed by atoms with Gasteiger partial charge in [0, 0.05) is 61.4 Å². The second-order valence-electron chi connectivity index (χ2n) is 9.74. The van der Waals surface area contributed by atoms with E-state index in [1.54, 1.807) is 0 Å². The van der Waals surface area contributed by atoms with Gasteiger partial charge in [-0.15, -0.1) is 0 Å². The van der Waals surface area contributed by atoms with Crippen LogP contribution in [0.25, 0.3) is 76.6 Å². The molecule has 0 aliphatic heterocycles. The number of benzene rings is 5. The van der Waals surface area contributed by atoms with Crippen molar-refractivity contribution >= 4 is 70.9 Å². The summed E-state index contributed by atoms with van der Waals surface area (Å²) in [4.78, 5) is 8.55. The number of fused-ring (bicyclic) bond motifs is 14. The Morgan fingerprint density at radius 1 is 0.514 bits per heavy atom. The van der Waals surface area contributed by atoms with E-state index in [0.717, 1.165) is 22.4 Å². The number of H-pyrrole nitrogens is 1. The quantitative estimate of drug-likeness (QED) is 0.239. The predicted molar refractivity (Wildman–Crippen MR) is 154 cm³/mol. The van der Waals surface area contributed by atoms with Crippen LogP contribution in [0.15, 0.2) is 116 Å². The van der Waals surface area contributed by atoms with E-state index in [9.17, 15) is 0 Å². The van der Waals surface area contributed by atoms with Crippen LogP contribution in [-0.2, 0) is 0 Å². The number of aromatic nitrogens is 4. The van der Waals surface area contributed by atoms with Gasteiger partial charge in [0.2, 0.25) is 0 Å². The molecule has 0 bridgehead atoms. The molecule has 0 aliphatic rings. The molecule has 1 N–H and O–H groups in total. The molecule has 37 heavy (non-hydrogen) atoms. The van der Waals surface area contributed by atoms with E-state index in [1.165, 1.54) is 54.3 Å². The maximum Gasteiger partial charge on any atom is 0.145 e. The number of para-hydroxylation sites is 3. The smallest absolute Gasteiger partial charge is 0.145 e. The maximum atomic E-state index is 4.91. The van der Waals surface area contributed by atoms with Gasteiger partial charge in [-0.1, -0.05) is 60.7 Å². The highest BCUT2D eigenvalue weighted by atomic mass is 15.0. The standard InChI is InChI=1S/C33H20N4/c1-2-8-20(9-3-1)37-26-13-7-5-11-22(26)30-28(37)16-14-23-31-27(36-19-18-34-33(36)32(23)30)17-15-25-29(31)21-10-4-6-12-24(21)35-25/h1-19,35H. The average molecular weight is 473 g/mol. The van der Waals surface area contributed by atoms with Crippen LogP contribution in [0.4, 0.5) is 0 Å². The van der Waals surface area contributed by atoms with Crippen LogP contribution in [0, 0.1) is 0 Å². The van der Waals surface area contributed by atoms with Crippen LogP contribution in [0.2, 0.25) is 0 Å². The Morgan fingerprint density at radius 3 is 2.19 bits per heavy atom. The summed E-state index contributed by atoms with van der Waals surface area (Å²) in [6.45, 7) is 0.